The average molecular weight is 1140 g/mol. The normalized spacial score (nSPS) is 11.8. The third kappa shape index (κ3) is 14.6. The van der Waals surface area contributed by atoms with Crippen LogP contribution < -0.4 is 62.2 Å². The van der Waals surface area contributed by atoms with Crippen molar-refractivity contribution in [3.63, 3.8) is 0 Å². The van der Waals surface area contributed by atoms with E-state index in [9.17, 15) is 0 Å². The van der Waals surface area contributed by atoms with Crippen LogP contribution in [0, 0.1) is 55.4 Å². The van der Waals surface area contributed by atoms with Crippen molar-refractivity contribution in [1.82, 2.24) is 9.97 Å². The molecule has 8 nitrogen and oxygen atoms in total. The molecule has 0 spiro atoms. The zero-order valence-electron chi connectivity index (χ0n) is 43.7. The summed E-state index contributed by atoms with van der Waals surface area (Å²) < 4.78 is 24.4. The summed E-state index contributed by atoms with van der Waals surface area (Å²) in [6.45, 7) is 17.3. The molecule has 0 aliphatic heterocycles. The SMILES string of the molecule is COc1cc(P(c2cc(C)cc(C)c2)c2cc(C)cc(C)c2)c(-c2c(P(c3cc(C)cc(C)c3)c3cc(C)cc(C)c3)cc(OC)nc2OC)c(OC)n1.N[C@H](c1ccccc1)[C@H](N)c1ccccc1.[Cl][Ru][Cl]. The Kier molecular flexibility index (Phi) is 21.0. The van der Waals surface area contributed by atoms with Gasteiger partial charge in [-0.2, -0.15) is 9.97 Å². The Morgan fingerprint density at radius 1 is 0.397 bits per heavy atom. The molecule has 13 heteroatoms. The molecule has 0 aliphatic rings. The second-order valence-corrected chi connectivity index (χ2v) is 25.1. The minimum atomic E-state index is -1.20. The van der Waals surface area contributed by atoms with Crippen LogP contribution in [0.15, 0.2) is 146 Å². The van der Waals surface area contributed by atoms with Crippen LogP contribution in [0.5, 0.6) is 23.5 Å². The van der Waals surface area contributed by atoms with Crippen LogP contribution in [0.25, 0.3) is 11.1 Å². The molecule has 0 radical (unpaired) electrons. The summed E-state index contributed by atoms with van der Waals surface area (Å²) in [7, 11) is 14.0. The molecular formula is C60H66Cl2N4O4P2Ru. The van der Waals surface area contributed by atoms with E-state index in [1.807, 2.05) is 60.7 Å². The molecule has 6 aromatic carbocycles. The van der Waals surface area contributed by atoms with E-state index < -0.39 is 15.8 Å². The van der Waals surface area contributed by atoms with E-state index in [0.717, 1.165) is 32.9 Å². The molecule has 0 saturated carbocycles. The van der Waals surface area contributed by atoms with E-state index >= 15 is 0 Å². The van der Waals surface area contributed by atoms with Gasteiger partial charge in [0.25, 0.3) is 0 Å². The second kappa shape index (κ2) is 26.8. The predicted octanol–water partition coefficient (Wildman–Crippen LogP) is 11.9. The van der Waals surface area contributed by atoms with E-state index in [4.69, 9.17) is 59.8 Å². The van der Waals surface area contributed by atoms with Crippen LogP contribution in [-0.2, 0) is 15.1 Å². The summed E-state index contributed by atoms with van der Waals surface area (Å²) in [5.41, 5.74) is 25.7. The minimum absolute atomic E-state index is 0.163. The fraction of sp³-hybridized carbons (Fsp3) is 0.233. The number of benzene rings is 6. The van der Waals surface area contributed by atoms with Crippen molar-refractivity contribution >= 4 is 67.1 Å². The van der Waals surface area contributed by atoms with Crippen LogP contribution in [0.2, 0.25) is 0 Å². The van der Waals surface area contributed by atoms with Crippen molar-refractivity contribution < 1.29 is 34.1 Å². The molecule has 8 rings (SSSR count). The third-order valence-electron chi connectivity index (χ3n) is 12.0. The van der Waals surface area contributed by atoms with Gasteiger partial charge >= 0.3 is 34.5 Å². The summed E-state index contributed by atoms with van der Waals surface area (Å²) in [4.78, 5) is 9.93. The summed E-state index contributed by atoms with van der Waals surface area (Å²) in [6, 6.07) is 51.1. The molecule has 0 bridgehead atoms. The maximum absolute atomic E-state index is 6.29. The summed E-state index contributed by atoms with van der Waals surface area (Å²) in [6.07, 6.45) is 0. The number of nitrogens with two attached hydrogens (primary N) is 2. The van der Waals surface area contributed by atoms with Gasteiger partial charge in [0.1, 0.15) is 0 Å². The van der Waals surface area contributed by atoms with Crippen LogP contribution in [0.1, 0.15) is 67.7 Å². The van der Waals surface area contributed by atoms with Gasteiger partial charge in [0.15, 0.2) is 0 Å². The van der Waals surface area contributed by atoms with E-state index in [0.29, 0.717) is 23.5 Å². The molecule has 0 fully saturated rings. The average Bonchev–Trinajstić information content (AvgIpc) is 3.35. The Morgan fingerprint density at radius 3 is 0.863 bits per heavy atom. The van der Waals surface area contributed by atoms with E-state index in [1.165, 1.54) is 65.7 Å². The predicted molar refractivity (Wildman–Crippen MR) is 307 cm³/mol. The quantitative estimate of drug-likeness (QED) is 0.0817. The number of methoxy groups -OCH3 is 4. The van der Waals surface area contributed by atoms with Gasteiger partial charge in [-0.05, 0) is 104 Å². The number of hydrogen-bond acceptors (Lipinski definition) is 8. The molecule has 2 aromatic heterocycles. The first-order valence-electron chi connectivity index (χ1n) is 23.7. The molecule has 2 heterocycles. The van der Waals surface area contributed by atoms with Gasteiger partial charge in [-0.25, -0.2) is 0 Å². The fourth-order valence-corrected chi connectivity index (χ4v) is 15.0. The van der Waals surface area contributed by atoms with Crippen molar-refractivity contribution in [2.45, 2.75) is 67.5 Å². The van der Waals surface area contributed by atoms with Gasteiger partial charge in [-0.1, -0.05) is 178 Å². The van der Waals surface area contributed by atoms with Crippen LogP contribution in [0.3, 0.4) is 0 Å². The number of pyridine rings is 2. The number of rotatable bonds is 14. The molecule has 2 atom stereocenters. The van der Waals surface area contributed by atoms with Crippen molar-refractivity contribution in [3.8, 4) is 34.6 Å². The molecule has 73 heavy (non-hydrogen) atoms. The molecule has 382 valence electrons. The van der Waals surface area contributed by atoms with Crippen molar-refractivity contribution in [3.05, 3.63) is 201 Å². The molecule has 4 N–H and O–H groups in total. The van der Waals surface area contributed by atoms with Gasteiger partial charge in [0.2, 0.25) is 23.5 Å². The number of hydrogen-bond donors (Lipinski definition) is 2. The van der Waals surface area contributed by atoms with Gasteiger partial charge in [0.05, 0.1) is 39.6 Å². The van der Waals surface area contributed by atoms with Gasteiger partial charge in [0, 0.05) is 34.8 Å². The van der Waals surface area contributed by atoms with E-state index in [1.54, 1.807) is 28.4 Å². The first kappa shape index (κ1) is 57.1. The van der Waals surface area contributed by atoms with Gasteiger partial charge in [-0.3, -0.25) is 0 Å². The number of nitrogens with zero attached hydrogens (tertiary/aromatic N) is 2. The standard InChI is InChI=1S/C46H50N2O4P2.C14H16N2.2ClH.Ru/c1-27-13-28(2)18-35(17-27)53(36-19-29(3)14-30(4)20-36)39-25-41(49-9)47-45(51-11)43(39)44-40(26-42(50-10)48-46(44)52-12)54(37-21-31(5)15-32(6)22-37)38-23-33(7)16-34(8)24-38;15-13(11-7-3-1-4-8-11)14(16)12-9-5-2-6-10-12;;;/h13-26H,1-12H3;1-10,13-14H,15-16H2;2*1H;/q;;;;+2/p-2/t;13-,14-;;;/m.1.../s1. The maximum atomic E-state index is 6.29. The first-order chi connectivity index (χ1) is 35.0. The Labute approximate surface area is 451 Å². The van der Waals surface area contributed by atoms with Gasteiger partial charge < -0.3 is 30.4 Å². The summed E-state index contributed by atoms with van der Waals surface area (Å²) >= 11 is -0.346. The molecule has 0 unspecified atom stereocenters. The summed E-state index contributed by atoms with van der Waals surface area (Å²) in [5, 5.41) is 6.94. The van der Waals surface area contributed by atoms with Crippen molar-refractivity contribution in [2.75, 3.05) is 28.4 Å². The van der Waals surface area contributed by atoms with E-state index in [2.05, 4.69) is 140 Å². The Hall–Kier alpha value is -5.20. The molecule has 8 aromatic rings. The fourth-order valence-electron chi connectivity index (χ4n) is 9.24. The second-order valence-electron chi connectivity index (χ2n) is 18.1. The molecule has 0 saturated heterocycles. The van der Waals surface area contributed by atoms with E-state index in [-0.39, 0.29) is 27.2 Å². The van der Waals surface area contributed by atoms with Crippen molar-refractivity contribution in [2.24, 2.45) is 11.5 Å². The third-order valence-corrected chi connectivity index (χ3v) is 16.8. The van der Waals surface area contributed by atoms with Crippen molar-refractivity contribution in [1.29, 1.82) is 0 Å². The zero-order valence-corrected chi connectivity index (χ0v) is 48.7. The molecule has 0 aliphatic carbocycles. The topological polar surface area (TPSA) is 115 Å². The Morgan fingerprint density at radius 2 is 0.644 bits per heavy atom. The first-order valence-corrected chi connectivity index (χ1v) is 30.8. The number of aryl methyl sites for hydroxylation is 8. The molecular weight excluding hydrogens is 1070 g/mol. The number of halogens is 2. The number of ether oxygens (including phenoxy) is 4. The Bertz CT molecular complexity index is 2740. The van der Waals surface area contributed by atoms with Crippen LogP contribution in [-0.4, -0.2) is 38.4 Å². The zero-order chi connectivity index (χ0) is 52.9. The summed E-state index contributed by atoms with van der Waals surface area (Å²) in [5.74, 6) is 1.82. The molecule has 0 amide bonds. The van der Waals surface area contributed by atoms with Crippen LogP contribution >= 0.6 is 35.2 Å². The Balaban J connectivity index is 0.000000382. The van der Waals surface area contributed by atoms with Crippen LogP contribution in [0.4, 0.5) is 0 Å². The number of aromatic nitrogens is 2. The van der Waals surface area contributed by atoms with Gasteiger partial charge in [-0.15, -0.1) is 0 Å². The monoisotopic (exact) mass is 1140 g/mol.